The van der Waals surface area contributed by atoms with Crippen LogP contribution in [-0.2, 0) is 12.7 Å². The normalized spacial score (nSPS) is 12.7. The van der Waals surface area contributed by atoms with Gasteiger partial charge >= 0.3 is 6.18 Å². The highest BCUT2D eigenvalue weighted by atomic mass is 19.4. The Morgan fingerprint density at radius 1 is 1.05 bits per heavy atom. The van der Waals surface area contributed by atoms with Crippen LogP contribution >= 0.6 is 0 Å². The zero-order valence-electron chi connectivity index (χ0n) is 12.3. The van der Waals surface area contributed by atoms with Crippen LogP contribution in [0.25, 0.3) is 0 Å². The number of nitrogens with one attached hydrogen (secondary N) is 2. The van der Waals surface area contributed by atoms with Gasteiger partial charge in [-0.3, -0.25) is 0 Å². The van der Waals surface area contributed by atoms with E-state index in [0.717, 1.165) is 25.6 Å². The third-order valence-corrected chi connectivity index (χ3v) is 2.77. The minimum absolute atomic E-state index is 0.0983. The fraction of sp³-hybridized carbons (Fsp3) is 0.600. The Balaban J connectivity index is 2.29. The summed E-state index contributed by atoms with van der Waals surface area (Å²) < 4.78 is 37.6. The van der Waals surface area contributed by atoms with Crippen molar-refractivity contribution in [3.63, 3.8) is 0 Å². The molecule has 0 saturated carbocycles. The van der Waals surface area contributed by atoms with Crippen LogP contribution in [0, 0.1) is 0 Å². The molecule has 0 aromatic heterocycles. The molecule has 0 spiro atoms. The Bertz CT molecular complexity index is 408. The van der Waals surface area contributed by atoms with E-state index in [-0.39, 0.29) is 5.54 Å². The first-order chi connectivity index (χ1) is 9.18. The van der Waals surface area contributed by atoms with Crippen LogP contribution in [0.1, 0.15) is 38.3 Å². The van der Waals surface area contributed by atoms with Crippen LogP contribution in [-0.4, -0.2) is 18.6 Å². The largest absolute Gasteiger partial charge is 0.416 e. The molecule has 2 nitrogen and oxygen atoms in total. The van der Waals surface area contributed by atoms with Crippen LogP contribution in [0.15, 0.2) is 24.3 Å². The molecule has 0 aliphatic rings. The fourth-order valence-corrected chi connectivity index (χ4v) is 1.77. The van der Waals surface area contributed by atoms with Crippen molar-refractivity contribution < 1.29 is 13.2 Å². The third-order valence-electron chi connectivity index (χ3n) is 2.77. The summed E-state index contributed by atoms with van der Waals surface area (Å²) in [6.45, 7) is 8.42. The van der Waals surface area contributed by atoms with Crippen molar-refractivity contribution in [2.75, 3.05) is 13.1 Å². The fourth-order valence-electron chi connectivity index (χ4n) is 1.77. The van der Waals surface area contributed by atoms with Gasteiger partial charge in [0.25, 0.3) is 0 Å². The molecular weight excluding hydrogens is 265 g/mol. The van der Waals surface area contributed by atoms with Crippen LogP contribution in [0.4, 0.5) is 13.2 Å². The monoisotopic (exact) mass is 288 g/mol. The first kappa shape index (κ1) is 17.0. The number of hydrogen-bond acceptors (Lipinski definition) is 2. The molecule has 0 aliphatic heterocycles. The summed E-state index contributed by atoms with van der Waals surface area (Å²) in [6, 6.07) is 5.44. The van der Waals surface area contributed by atoms with Crippen LogP contribution in [0.2, 0.25) is 0 Å². The summed E-state index contributed by atoms with van der Waals surface area (Å²) >= 11 is 0. The van der Waals surface area contributed by atoms with E-state index < -0.39 is 11.7 Å². The van der Waals surface area contributed by atoms with Crippen molar-refractivity contribution in [2.24, 2.45) is 0 Å². The summed E-state index contributed by atoms with van der Waals surface area (Å²) in [5, 5.41) is 6.52. The minimum Gasteiger partial charge on any atom is -0.313 e. The van der Waals surface area contributed by atoms with Gasteiger partial charge in [0.1, 0.15) is 0 Å². The first-order valence-electron chi connectivity index (χ1n) is 6.80. The standard InChI is InChI=1S/C15H23F3N2/c1-14(2,3)20-9-5-8-19-11-12-6-4-7-13(10-12)15(16,17)18/h4,6-7,10,19-20H,5,8-9,11H2,1-3H3. The van der Waals surface area contributed by atoms with Crippen LogP contribution < -0.4 is 10.6 Å². The Kier molecular flexibility index (Phi) is 6.02. The van der Waals surface area contributed by atoms with E-state index in [1.807, 2.05) is 0 Å². The molecule has 2 N–H and O–H groups in total. The van der Waals surface area contributed by atoms with Crippen molar-refractivity contribution in [2.45, 2.75) is 45.5 Å². The topological polar surface area (TPSA) is 24.1 Å². The van der Waals surface area contributed by atoms with Gasteiger partial charge in [-0.05, 0) is 51.9 Å². The molecule has 1 aromatic rings. The van der Waals surface area contributed by atoms with Crippen LogP contribution in [0.5, 0.6) is 0 Å². The Morgan fingerprint density at radius 3 is 2.35 bits per heavy atom. The summed E-state index contributed by atoms with van der Waals surface area (Å²) in [5.74, 6) is 0. The van der Waals surface area contributed by atoms with Crippen molar-refractivity contribution >= 4 is 0 Å². The maximum atomic E-state index is 12.5. The average Bonchev–Trinajstić information content (AvgIpc) is 2.31. The van der Waals surface area contributed by atoms with Gasteiger partial charge in [0.2, 0.25) is 0 Å². The smallest absolute Gasteiger partial charge is 0.313 e. The predicted molar refractivity (Wildman–Crippen MR) is 75.5 cm³/mol. The molecule has 5 heteroatoms. The summed E-state index contributed by atoms with van der Waals surface area (Å²) in [6.07, 6.45) is -3.33. The third kappa shape index (κ3) is 6.91. The van der Waals surface area contributed by atoms with Crippen molar-refractivity contribution in [3.8, 4) is 0 Å². The Hall–Kier alpha value is -1.07. The lowest BCUT2D eigenvalue weighted by Crippen LogP contribution is -2.37. The zero-order valence-corrected chi connectivity index (χ0v) is 12.3. The van der Waals surface area contributed by atoms with E-state index in [1.54, 1.807) is 6.07 Å². The molecule has 0 unspecified atom stereocenters. The lowest BCUT2D eigenvalue weighted by Gasteiger charge is -2.20. The number of hydrogen-bond donors (Lipinski definition) is 2. The Labute approximate surface area is 118 Å². The van der Waals surface area contributed by atoms with E-state index in [9.17, 15) is 13.2 Å². The average molecular weight is 288 g/mol. The van der Waals surface area contributed by atoms with Crippen molar-refractivity contribution in [3.05, 3.63) is 35.4 Å². The molecule has 1 aromatic carbocycles. The van der Waals surface area contributed by atoms with Gasteiger partial charge in [-0.15, -0.1) is 0 Å². The number of rotatable bonds is 6. The maximum Gasteiger partial charge on any atom is 0.416 e. The number of alkyl halides is 3. The van der Waals surface area contributed by atoms with Gasteiger partial charge < -0.3 is 10.6 Å². The molecule has 0 saturated heterocycles. The highest BCUT2D eigenvalue weighted by Gasteiger charge is 2.30. The van der Waals surface area contributed by atoms with Crippen molar-refractivity contribution in [1.82, 2.24) is 10.6 Å². The molecule has 0 heterocycles. The highest BCUT2D eigenvalue weighted by Crippen LogP contribution is 2.29. The Morgan fingerprint density at radius 2 is 1.75 bits per heavy atom. The molecule has 20 heavy (non-hydrogen) atoms. The quantitative estimate of drug-likeness (QED) is 0.782. The van der Waals surface area contributed by atoms with Gasteiger partial charge in [0.15, 0.2) is 0 Å². The molecule has 0 atom stereocenters. The van der Waals surface area contributed by atoms with E-state index in [0.29, 0.717) is 12.1 Å². The second kappa shape index (κ2) is 7.09. The van der Waals surface area contributed by atoms with Gasteiger partial charge in [-0.1, -0.05) is 18.2 Å². The second-order valence-corrected chi connectivity index (χ2v) is 5.91. The van der Waals surface area contributed by atoms with Crippen molar-refractivity contribution in [1.29, 1.82) is 0 Å². The van der Waals surface area contributed by atoms with Gasteiger partial charge in [0, 0.05) is 12.1 Å². The lowest BCUT2D eigenvalue weighted by atomic mass is 10.1. The molecule has 0 fully saturated rings. The maximum absolute atomic E-state index is 12.5. The second-order valence-electron chi connectivity index (χ2n) is 5.91. The molecule has 0 amide bonds. The van der Waals surface area contributed by atoms with E-state index >= 15 is 0 Å². The van der Waals surface area contributed by atoms with E-state index in [1.165, 1.54) is 12.1 Å². The SMILES string of the molecule is CC(C)(C)NCCCNCc1cccc(C(F)(F)F)c1. The summed E-state index contributed by atoms with van der Waals surface area (Å²) in [4.78, 5) is 0. The molecular formula is C15H23F3N2. The summed E-state index contributed by atoms with van der Waals surface area (Å²) in [7, 11) is 0. The van der Waals surface area contributed by atoms with E-state index in [2.05, 4.69) is 31.4 Å². The molecule has 0 radical (unpaired) electrons. The molecule has 0 aliphatic carbocycles. The van der Waals surface area contributed by atoms with E-state index in [4.69, 9.17) is 0 Å². The first-order valence-corrected chi connectivity index (χ1v) is 6.80. The van der Waals surface area contributed by atoms with Gasteiger partial charge in [-0.25, -0.2) is 0 Å². The van der Waals surface area contributed by atoms with Gasteiger partial charge in [-0.2, -0.15) is 13.2 Å². The number of benzene rings is 1. The highest BCUT2D eigenvalue weighted by molar-refractivity contribution is 5.25. The molecule has 1 rings (SSSR count). The summed E-state index contributed by atoms with van der Waals surface area (Å²) in [5.41, 5.74) is 0.163. The minimum atomic E-state index is -4.27. The molecule has 0 bridgehead atoms. The molecule has 114 valence electrons. The zero-order chi connectivity index (χ0) is 15.2. The number of halogens is 3. The van der Waals surface area contributed by atoms with Gasteiger partial charge in [0.05, 0.1) is 5.56 Å². The van der Waals surface area contributed by atoms with Crippen LogP contribution in [0.3, 0.4) is 0 Å². The predicted octanol–water partition coefficient (Wildman–Crippen LogP) is 3.57. The lowest BCUT2D eigenvalue weighted by molar-refractivity contribution is -0.137.